The van der Waals surface area contributed by atoms with Gasteiger partial charge in [-0.15, -0.1) is 0 Å². The molecule has 0 aromatic heterocycles. The first-order valence-electron chi connectivity index (χ1n) is 5.59. The van der Waals surface area contributed by atoms with Crippen molar-refractivity contribution < 1.29 is 9.53 Å². The summed E-state index contributed by atoms with van der Waals surface area (Å²) in [5.74, 6) is 0.621. The van der Waals surface area contributed by atoms with Gasteiger partial charge in [-0.25, -0.2) is 0 Å². The van der Waals surface area contributed by atoms with Crippen molar-refractivity contribution in [3.63, 3.8) is 0 Å². The monoisotopic (exact) mass is 219 g/mol. The maximum Gasteiger partial charge on any atom is 0.218 e. The van der Waals surface area contributed by atoms with Gasteiger partial charge in [0.25, 0.3) is 0 Å². The van der Waals surface area contributed by atoms with Crippen LogP contribution in [0.2, 0.25) is 0 Å². The predicted molar refractivity (Wildman–Crippen MR) is 62.3 cm³/mol. The molecule has 3 nitrogen and oxygen atoms in total. The Kier molecular flexibility index (Phi) is 2.86. The highest BCUT2D eigenvalue weighted by Crippen LogP contribution is 2.46. The third-order valence-electron chi connectivity index (χ3n) is 3.51. The smallest absolute Gasteiger partial charge is 0.218 e. The number of ether oxygens (including phenoxy) is 1. The molecular formula is C13H17NO2. The fourth-order valence-electron chi connectivity index (χ4n) is 2.46. The molecule has 2 rings (SSSR count). The highest BCUT2D eigenvalue weighted by atomic mass is 16.5. The third-order valence-corrected chi connectivity index (χ3v) is 3.51. The van der Waals surface area contributed by atoms with Gasteiger partial charge >= 0.3 is 0 Å². The van der Waals surface area contributed by atoms with Crippen molar-refractivity contribution in [2.45, 2.75) is 31.1 Å². The molecule has 0 atom stereocenters. The van der Waals surface area contributed by atoms with Gasteiger partial charge in [0.15, 0.2) is 0 Å². The second-order valence-corrected chi connectivity index (χ2v) is 4.51. The Hall–Kier alpha value is -1.51. The second-order valence-electron chi connectivity index (χ2n) is 4.51. The minimum atomic E-state index is -0.220. The normalized spacial score (nSPS) is 17.6. The van der Waals surface area contributed by atoms with Gasteiger partial charge in [-0.2, -0.15) is 0 Å². The van der Waals surface area contributed by atoms with E-state index in [4.69, 9.17) is 10.5 Å². The molecule has 1 aliphatic rings. The van der Waals surface area contributed by atoms with Gasteiger partial charge in [0.05, 0.1) is 7.11 Å². The zero-order chi connectivity index (χ0) is 11.6. The number of carbonyl (C=O) groups excluding carboxylic acids is 1. The SMILES string of the molecule is COc1cccc(C2(CC(N)=O)CCC2)c1. The van der Waals surface area contributed by atoms with Crippen LogP contribution in [0.15, 0.2) is 24.3 Å². The topological polar surface area (TPSA) is 52.3 Å². The molecule has 2 N–H and O–H groups in total. The minimum Gasteiger partial charge on any atom is -0.497 e. The molecule has 86 valence electrons. The van der Waals surface area contributed by atoms with E-state index < -0.39 is 0 Å². The van der Waals surface area contributed by atoms with Crippen LogP contribution in [0, 0.1) is 0 Å². The van der Waals surface area contributed by atoms with Crippen LogP contribution < -0.4 is 10.5 Å². The van der Waals surface area contributed by atoms with Crippen molar-refractivity contribution in [3.8, 4) is 5.75 Å². The molecule has 1 saturated carbocycles. The van der Waals surface area contributed by atoms with Crippen molar-refractivity contribution in [3.05, 3.63) is 29.8 Å². The summed E-state index contributed by atoms with van der Waals surface area (Å²) in [6.07, 6.45) is 3.71. The molecule has 0 bridgehead atoms. The van der Waals surface area contributed by atoms with Crippen molar-refractivity contribution >= 4 is 5.91 Å². The molecule has 1 aromatic carbocycles. The van der Waals surface area contributed by atoms with Gasteiger partial charge in [-0.3, -0.25) is 4.79 Å². The Morgan fingerprint density at radius 1 is 1.50 bits per heavy atom. The largest absolute Gasteiger partial charge is 0.497 e. The van der Waals surface area contributed by atoms with Gasteiger partial charge < -0.3 is 10.5 Å². The maximum atomic E-state index is 11.1. The van der Waals surface area contributed by atoms with E-state index >= 15 is 0 Å². The molecule has 1 fully saturated rings. The van der Waals surface area contributed by atoms with E-state index in [1.807, 2.05) is 18.2 Å². The molecule has 1 amide bonds. The number of hydrogen-bond donors (Lipinski definition) is 1. The van der Waals surface area contributed by atoms with Crippen LogP contribution >= 0.6 is 0 Å². The third kappa shape index (κ3) is 1.90. The first-order chi connectivity index (χ1) is 7.66. The average Bonchev–Trinajstić information content (AvgIpc) is 2.23. The number of hydrogen-bond acceptors (Lipinski definition) is 2. The lowest BCUT2D eigenvalue weighted by molar-refractivity contribution is -0.120. The summed E-state index contributed by atoms with van der Waals surface area (Å²) in [5, 5.41) is 0. The number of nitrogens with two attached hydrogens (primary N) is 1. The molecule has 0 unspecified atom stereocenters. The molecule has 1 aromatic rings. The average molecular weight is 219 g/mol. The Bertz CT molecular complexity index is 397. The molecule has 1 aliphatic carbocycles. The van der Waals surface area contributed by atoms with Gasteiger partial charge in [0.1, 0.15) is 5.75 Å². The van der Waals surface area contributed by atoms with Crippen LogP contribution in [0.5, 0.6) is 5.75 Å². The number of benzene rings is 1. The van der Waals surface area contributed by atoms with Crippen LogP contribution in [0.25, 0.3) is 0 Å². The number of amides is 1. The van der Waals surface area contributed by atoms with Crippen molar-refractivity contribution in [1.29, 1.82) is 0 Å². The Morgan fingerprint density at radius 3 is 2.75 bits per heavy atom. The zero-order valence-electron chi connectivity index (χ0n) is 9.53. The van der Waals surface area contributed by atoms with E-state index in [0.29, 0.717) is 6.42 Å². The maximum absolute atomic E-state index is 11.1. The molecule has 0 radical (unpaired) electrons. The summed E-state index contributed by atoms with van der Waals surface area (Å²) >= 11 is 0. The molecule has 0 spiro atoms. The fraction of sp³-hybridized carbons (Fsp3) is 0.462. The lowest BCUT2D eigenvalue weighted by Gasteiger charge is -2.41. The minimum absolute atomic E-state index is 0.0274. The molecular weight excluding hydrogens is 202 g/mol. The van der Waals surface area contributed by atoms with Gasteiger partial charge in [-0.05, 0) is 30.5 Å². The van der Waals surface area contributed by atoms with Crippen LogP contribution in [0.3, 0.4) is 0 Å². The quantitative estimate of drug-likeness (QED) is 0.842. The van der Waals surface area contributed by atoms with E-state index in [1.54, 1.807) is 7.11 Å². The van der Waals surface area contributed by atoms with E-state index in [1.165, 1.54) is 12.0 Å². The molecule has 0 saturated heterocycles. The molecule has 0 heterocycles. The van der Waals surface area contributed by atoms with Gasteiger partial charge in [0.2, 0.25) is 5.91 Å². The summed E-state index contributed by atoms with van der Waals surface area (Å²) in [5.41, 5.74) is 6.48. The lowest BCUT2D eigenvalue weighted by atomic mass is 9.62. The van der Waals surface area contributed by atoms with Crippen molar-refractivity contribution in [2.75, 3.05) is 7.11 Å². The highest BCUT2D eigenvalue weighted by Gasteiger charge is 2.40. The van der Waals surface area contributed by atoms with Crippen LogP contribution in [0.1, 0.15) is 31.2 Å². The summed E-state index contributed by atoms with van der Waals surface area (Å²) in [4.78, 5) is 11.1. The fourth-order valence-corrected chi connectivity index (χ4v) is 2.46. The van der Waals surface area contributed by atoms with E-state index in [0.717, 1.165) is 18.6 Å². The van der Waals surface area contributed by atoms with E-state index in [9.17, 15) is 4.79 Å². The van der Waals surface area contributed by atoms with Crippen LogP contribution in [-0.4, -0.2) is 13.0 Å². The van der Waals surface area contributed by atoms with Gasteiger partial charge in [-0.1, -0.05) is 18.6 Å². The first kappa shape index (κ1) is 11.0. The van der Waals surface area contributed by atoms with Crippen molar-refractivity contribution in [1.82, 2.24) is 0 Å². The summed E-state index contributed by atoms with van der Waals surface area (Å²) in [6.45, 7) is 0. The predicted octanol–water partition coefficient (Wildman–Crippen LogP) is 1.99. The molecule has 3 heteroatoms. The van der Waals surface area contributed by atoms with Gasteiger partial charge in [0, 0.05) is 11.8 Å². The van der Waals surface area contributed by atoms with Crippen LogP contribution in [0.4, 0.5) is 0 Å². The Morgan fingerprint density at radius 2 is 2.25 bits per heavy atom. The summed E-state index contributed by atoms with van der Waals surface area (Å²) < 4.78 is 5.21. The number of rotatable bonds is 4. The number of carbonyl (C=O) groups is 1. The lowest BCUT2D eigenvalue weighted by Crippen LogP contribution is -2.38. The summed E-state index contributed by atoms with van der Waals surface area (Å²) in [7, 11) is 1.65. The molecule has 0 aliphatic heterocycles. The number of primary amides is 1. The Balaban J connectivity index is 2.29. The summed E-state index contributed by atoms with van der Waals surface area (Å²) in [6, 6.07) is 7.96. The van der Waals surface area contributed by atoms with E-state index in [2.05, 4.69) is 6.07 Å². The highest BCUT2D eigenvalue weighted by molar-refractivity contribution is 5.76. The van der Waals surface area contributed by atoms with Crippen LogP contribution in [-0.2, 0) is 10.2 Å². The van der Waals surface area contributed by atoms with Crippen molar-refractivity contribution in [2.24, 2.45) is 5.73 Å². The zero-order valence-corrected chi connectivity index (χ0v) is 9.53. The second kappa shape index (κ2) is 4.16. The standard InChI is InChI=1S/C13H17NO2/c1-16-11-5-2-4-10(8-11)13(6-3-7-13)9-12(14)15/h2,4-5,8H,3,6-7,9H2,1H3,(H2,14,15). The first-order valence-corrected chi connectivity index (χ1v) is 5.59. The van der Waals surface area contributed by atoms with E-state index in [-0.39, 0.29) is 11.3 Å². The Labute approximate surface area is 95.6 Å². The number of methoxy groups -OCH3 is 1. The molecule has 16 heavy (non-hydrogen) atoms.